The third kappa shape index (κ3) is 5.16. The van der Waals surface area contributed by atoms with E-state index in [0.29, 0.717) is 23.4 Å². The Morgan fingerprint density at radius 2 is 1.90 bits per heavy atom. The van der Waals surface area contributed by atoms with Gasteiger partial charge in [0.2, 0.25) is 10.0 Å². The normalized spacial score (nSPS) is 15.5. The highest BCUT2D eigenvalue weighted by Crippen LogP contribution is 2.20. The summed E-state index contributed by atoms with van der Waals surface area (Å²) in [5, 5.41) is 5.00. The molecule has 1 rings (SSSR count). The molecule has 6 heteroatoms. The first-order chi connectivity index (χ1) is 9.26. The summed E-state index contributed by atoms with van der Waals surface area (Å²) < 4.78 is 27.3. The molecule has 4 nitrogen and oxygen atoms in total. The molecule has 0 saturated carbocycles. The van der Waals surface area contributed by atoms with Gasteiger partial charge in [0.25, 0.3) is 0 Å². The molecule has 0 bridgehead atoms. The van der Waals surface area contributed by atoms with Crippen LogP contribution in [0.4, 0.5) is 0 Å². The molecule has 0 fully saturated rings. The lowest BCUT2D eigenvalue weighted by atomic mass is 10.0. The summed E-state index contributed by atoms with van der Waals surface area (Å²) in [5.41, 5.74) is 0. The Hall–Kier alpha value is -0.430. The Morgan fingerprint density at radius 1 is 1.25 bits per heavy atom. The Balaban J connectivity index is 2.73. The van der Waals surface area contributed by atoms with Crippen molar-refractivity contribution < 1.29 is 8.42 Å². The summed E-state index contributed by atoms with van der Waals surface area (Å²) in [6.07, 6.45) is 0.955. The number of sulfonamides is 1. The van der Waals surface area contributed by atoms with Gasteiger partial charge in [0.15, 0.2) is 0 Å². The molecule has 0 aromatic carbocycles. The Morgan fingerprint density at radius 3 is 2.45 bits per heavy atom. The van der Waals surface area contributed by atoms with Crippen LogP contribution in [0, 0.1) is 5.92 Å². The van der Waals surface area contributed by atoms with Gasteiger partial charge in [0.05, 0.1) is 4.90 Å². The van der Waals surface area contributed by atoms with E-state index in [9.17, 15) is 8.42 Å². The maximum Gasteiger partial charge on any atom is 0.241 e. The van der Waals surface area contributed by atoms with Gasteiger partial charge in [-0.05, 0) is 18.9 Å². The number of thiophene rings is 1. The summed E-state index contributed by atoms with van der Waals surface area (Å²) in [7, 11) is -3.40. The van der Waals surface area contributed by atoms with Crippen LogP contribution < -0.4 is 10.0 Å². The average molecular weight is 319 g/mol. The van der Waals surface area contributed by atoms with E-state index in [1.807, 2.05) is 6.92 Å². The van der Waals surface area contributed by atoms with E-state index in [1.165, 1.54) is 11.3 Å². The van der Waals surface area contributed by atoms with E-state index >= 15 is 0 Å². The molecule has 2 N–H and O–H groups in total. The van der Waals surface area contributed by atoms with Gasteiger partial charge in [-0.3, -0.25) is 0 Å². The van der Waals surface area contributed by atoms with Crippen molar-refractivity contribution in [2.75, 3.05) is 0 Å². The Bertz CT molecular complexity index is 509. The zero-order valence-electron chi connectivity index (χ0n) is 12.9. The first-order valence-electron chi connectivity index (χ1n) is 7.09. The highest BCUT2D eigenvalue weighted by molar-refractivity contribution is 7.89. The first kappa shape index (κ1) is 17.6. The van der Waals surface area contributed by atoms with Crippen molar-refractivity contribution in [3.8, 4) is 0 Å². The van der Waals surface area contributed by atoms with E-state index in [4.69, 9.17) is 0 Å². The van der Waals surface area contributed by atoms with Crippen LogP contribution in [0.1, 0.15) is 45.9 Å². The fourth-order valence-electron chi connectivity index (χ4n) is 1.68. The van der Waals surface area contributed by atoms with E-state index in [1.54, 1.807) is 11.4 Å². The molecule has 20 heavy (non-hydrogen) atoms. The second-order valence-electron chi connectivity index (χ2n) is 5.58. The van der Waals surface area contributed by atoms with Gasteiger partial charge in [-0.2, -0.15) is 0 Å². The first-order valence-corrected chi connectivity index (χ1v) is 9.45. The van der Waals surface area contributed by atoms with Crippen LogP contribution in [0.25, 0.3) is 0 Å². The lowest BCUT2D eigenvalue weighted by Crippen LogP contribution is -2.36. The number of hydrogen-bond acceptors (Lipinski definition) is 4. The predicted molar refractivity (Wildman–Crippen MR) is 85.5 cm³/mol. The largest absolute Gasteiger partial charge is 0.310 e. The van der Waals surface area contributed by atoms with E-state index in [-0.39, 0.29) is 6.04 Å². The van der Waals surface area contributed by atoms with Gasteiger partial charge >= 0.3 is 0 Å². The fraction of sp³-hybridized carbons (Fsp3) is 0.714. The summed E-state index contributed by atoms with van der Waals surface area (Å²) in [5.74, 6) is 0.325. The van der Waals surface area contributed by atoms with Gasteiger partial charge in [0, 0.05) is 28.9 Å². The zero-order chi connectivity index (χ0) is 15.3. The fourth-order valence-corrected chi connectivity index (χ4v) is 4.26. The van der Waals surface area contributed by atoms with Gasteiger partial charge in [-0.25, -0.2) is 13.1 Å². The minimum absolute atomic E-state index is 0.0536. The molecular formula is C14H26N2O2S2. The minimum Gasteiger partial charge on any atom is -0.310 e. The SMILES string of the molecule is CCC(C)C(C)NS(=O)(=O)c1csc(CNC(C)C)c1. The maximum atomic E-state index is 12.3. The standard InChI is InChI=1S/C14H26N2O2S2/c1-6-11(4)12(5)16-20(17,18)14-7-13(19-9-14)8-15-10(2)3/h7,9-12,15-16H,6,8H2,1-5H3. The molecule has 0 aliphatic rings. The highest BCUT2D eigenvalue weighted by Gasteiger charge is 2.21. The van der Waals surface area contributed by atoms with Crippen LogP contribution in [-0.2, 0) is 16.6 Å². The third-order valence-electron chi connectivity index (χ3n) is 3.46. The molecule has 2 atom stereocenters. The molecule has 0 spiro atoms. The van der Waals surface area contributed by atoms with Crippen LogP contribution >= 0.6 is 11.3 Å². The van der Waals surface area contributed by atoms with Crippen molar-refractivity contribution in [2.45, 2.75) is 64.6 Å². The second kappa shape index (κ2) is 7.54. The molecule has 0 aliphatic heterocycles. The van der Waals surface area contributed by atoms with Crippen molar-refractivity contribution in [1.82, 2.24) is 10.0 Å². The van der Waals surface area contributed by atoms with Crippen molar-refractivity contribution in [2.24, 2.45) is 5.92 Å². The lowest BCUT2D eigenvalue weighted by Gasteiger charge is -2.19. The molecule has 0 saturated heterocycles. The van der Waals surface area contributed by atoms with Gasteiger partial charge in [-0.15, -0.1) is 11.3 Å². The zero-order valence-corrected chi connectivity index (χ0v) is 14.6. The molecule has 0 aliphatic carbocycles. The van der Waals surface area contributed by atoms with Crippen LogP contribution in [0.2, 0.25) is 0 Å². The summed E-state index contributed by atoms with van der Waals surface area (Å²) in [4.78, 5) is 1.41. The molecule has 0 radical (unpaired) electrons. The minimum atomic E-state index is -3.40. The van der Waals surface area contributed by atoms with Crippen LogP contribution in [0.3, 0.4) is 0 Å². The Kier molecular flexibility index (Phi) is 6.64. The third-order valence-corrected chi connectivity index (χ3v) is 6.09. The Labute approximate surface area is 127 Å². The van der Waals surface area contributed by atoms with Crippen molar-refractivity contribution in [3.63, 3.8) is 0 Å². The second-order valence-corrected chi connectivity index (χ2v) is 8.29. The maximum absolute atomic E-state index is 12.3. The molecule has 1 heterocycles. The van der Waals surface area contributed by atoms with Crippen LogP contribution in [0.15, 0.2) is 16.3 Å². The van der Waals surface area contributed by atoms with E-state index < -0.39 is 10.0 Å². The topological polar surface area (TPSA) is 58.2 Å². The van der Waals surface area contributed by atoms with Crippen LogP contribution in [0.5, 0.6) is 0 Å². The van der Waals surface area contributed by atoms with Crippen molar-refractivity contribution in [3.05, 3.63) is 16.3 Å². The lowest BCUT2D eigenvalue weighted by molar-refractivity contribution is 0.434. The highest BCUT2D eigenvalue weighted by atomic mass is 32.2. The monoisotopic (exact) mass is 318 g/mol. The molecule has 2 unspecified atom stereocenters. The van der Waals surface area contributed by atoms with Gasteiger partial charge in [0.1, 0.15) is 0 Å². The predicted octanol–water partition coefficient (Wildman–Crippen LogP) is 2.96. The molecule has 1 aromatic heterocycles. The number of nitrogens with one attached hydrogen (secondary N) is 2. The smallest absolute Gasteiger partial charge is 0.241 e. The summed E-state index contributed by atoms with van der Waals surface area (Å²) >= 11 is 1.48. The van der Waals surface area contributed by atoms with Crippen LogP contribution in [-0.4, -0.2) is 20.5 Å². The molecular weight excluding hydrogens is 292 g/mol. The summed E-state index contributed by atoms with van der Waals surface area (Å²) in [6.45, 7) is 10.9. The van der Waals surface area contributed by atoms with Gasteiger partial charge in [-0.1, -0.05) is 34.1 Å². The van der Waals surface area contributed by atoms with Gasteiger partial charge < -0.3 is 5.32 Å². The quantitative estimate of drug-likeness (QED) is 0.775. The summed E-state index contributed by atoms with van der Waals surface area (Å²) in [6, 6.07) is 2.09. The molecule has 116 valence electrons. The van der Waals surface area contributed by atoms with Crippen molar-refractivity contribution >= 4 is 21.4 Å². The molecule has 0 amide bonds. The molecule has 1 aromatic rings. The van der Waals surface area contributed by atoms with Crippen molar-refractivity contribution in [1.29, 1.82) is 0 Å². The average Bonchev–Trinajstić information content (AvgIpc) is 2.84. The number of hydrogen-bond donors (Lipinski definition) is 2. The van der Waals surface area contributed by atoms with E-state index in [0.717, 1.165) is 11.3 Å². The number of rotatable bonds is 8. The van der Waals surface area contributed by atoms with E-state index in [2.05, 4.69) is 37.7 Å².